The highest BCUT2D eigenvalue weighted by atomic mass is 35.5. The standard InChI is InChI=1S/C11H14Cl2N2O4S/c1-6(2)10(11(16)14-17)15-20(18,19)7-3-4-8(12)9(13)5-7/h3-6,10,15,17H,1-2H3,(H,14,16). The second-order valence-corrected chi connectivity index (χ2v) is 6.92. The Labute approximate surface area is 127 Å². The van der Waals surface area contributed by atoms with Gasteiger partial charge in [-0.3, -0.25) is 10.0 Å². The number of amides is 1. The van der Waals surface area contributed by atoms with Crippen LogP contribution in [0.2, 0.25) is 10.0 Å². The molecule has 0 aromatic heterocycles. The minimum atomic E-state index is -3.96. The van der Waals surface area contributed by atoms with Gasteiger partial charge in [-0.1, -0.05) is 37.0 Å². The van der Waals surface area contributed by atoms with Crippen molar-refractivity contribution in [1.82, 2.24) is 10.2 Å². The Balaban J connectivity index is 3.09. The second kappa shape index (κ2) is 6.73. The molecule has 0 saturated heterocycles. The Bertz CT molecular complexity index is 604. The SMILES string of the molecule is CC(C)C(NS(=O)(=O)c1ccc(Cl)c(Cl)c1)C(=O)NO. The van der Waals surface area contributed by atoms with Crippen molar-refractivity contribution < 1.29 is 18.4 Å². The summed E-state index contributed by atoms with van der Waals surface area (Å²) in [4.78, 5) is 11.3. The van der Waals surface area contributed by atoms with Crippen LogP contribution in [-0.4, -0.2) is 25.6 Å². The third kappa shape index (κ3) is 4.07. The molecule has 1 rings (SSSR count). The Morgan fingerprint density at radius 3 is 2.30 bits per heavy atom. The van der Waals surface area contributed by atoms with E-state index < -0.39 is 22.0 Å². The van der Waals surface area contributed by atoms with E-state index in [0.717, 1.165) is 0 Å². The smallest absolute Gasteiger partial charge is 0.261 e. The molecule has 1 amide bonds. The average Bonchev–Trinajstić information content (AvgIpc) is 2.38. The van der Waals surface area contributed by atoms with E-state index in [1.54, 1.807) is 13.8 Å². The number of halogens is 2. The number of rotatable bonds is 5. The van der Waals surface area contributed by atoms with Gasteiger partial charge in [0.15, 0.2) is 0 Å². The fourth-order valence-electron chi connectivity index (χ4n) is 1.44. The zero-order valence-corrected chi connectivity index (χ0v) is 13.1. The number of carbonyl (C=O) groups excluding carboxylic acids is 1. The topological polar surface area (TPSA) is 95.5 Å². The monoisotopic (exact) mass is 340 g/mol. The molecule has 1 atom stereocenters. The van der Waals surface area contributed by atoms with Crippen molar-refractivity contribution in [1.29, 1.82) is 0 Å². The number of hydroxylamine groups is 1. The van der Waals surface area contributed by atoms with Crippen LogP contribution in [0.15, 0.2) is 23.1 Å². The summed E-state index contributed by atoms with van der Waals surface area (Å²) in [7, 11) is -3.96. The van der Waals surface area contributed by atoms with Crippen LogP contribution in [0.3, 0.4) is 0 Å². The summed E-state index contributed by atoms with van der Waals surface area (Å²) in [5.41, 5.74) is 1.43. The van der Waals surface area contributed by atoms with Gasteiger partial charge in [-0.05, 0) is 24.1 Å². The van der Waals surface area contributed by atoms with Gasteiger partial charge >= 0.3 is 0 Å². The Morgan fingerprint density at radius 2 is 1.85 bits per heavy atom. The molecule has 0 radical (unpaired) electrons. The van der Waals surface area contributed by atoms with Gasteiger partial charge in [-0.25, -0.2) is 13.9 Å². The van der Waals surface area contributed by atoms with Crippen LogP contribution in [-0.2, 0) is 14.8 Å². The summed E-state index contributed by atoms with van der Waals surface area (Å²) in [6.07, 6.45) is 0. The zero-order valence-electron chi connectivity index (χ0n) is 10.7. The molecule has 0 aliphatic rings. The van der Waals surface area contributed by atoms with E-state index in [0.29, 0.717) is 0 Å². The summed E-state index contributed by atoms with van der Waals surface area (Å²) >= 11 is 11.5. The minimum Gasteiger partial charge on any atom is -0.289 e. The quantitative estimate of drug-likeness (QED) is 0.562. The highest BCUT2D eigenvalue weighted by molar-refractivity contribution is 7.89. The maximum absolute atomic E-state index is 12.2. The summed E-state index contributed by atoms with van der Waals surface area (Å²) in [6.45, 7) is 3.27. The van der Waals surface area contributed by atoms with Crippen molar-refractivity contribution >= 4 is 39.1 Å². The van der Waals surface area contributed by atoms with Crippen LogP contribution in [0.25, 0.3) is 0 Å². The van der Waals surface area contributed by atoms with Crippen molar-refractivity contribution in [3.8, 4) is 0 Å². The van der Waals surface area contributed by atoms with Crippen LogP contribution in [0.1, 0.15) is 13.8 Å². The Kier molecular flexibility index (Phi) is 5.79. The van der Waals surface area contributed by atoms with Crippen molar-refractivity contribution in [2.75, 3.05) is 0 Å². The fraction of sp³-hybridized carbons (Fsp3) is 0.364. The van der Waals surface area contributed by atoms with E-state index in [9.17, 15) is 13.2 Å². The normalized spacial score (nSPS) is 13.3. The van der Waals surface area contributed by atoms with Crippen molar-refractivity contribution in [2.45, 2.75) is 24.8 Å². The third-order valence-electron chi connectivity index (χ3n) is 2.54. The third-order valence-corrected chi connectivity index (χ3v) is 4.72. The van der Waals surface area contributed by atoms with Gasteiger partial charge in [0, 0.05) is 0 Å². The van der Waals surface area contributed by atoms with E-state index >= 15 is 0 Å². The number of hydrogen-bond acceptors (Lipinski definition) is 4. The lowest BCUT2D eigenvalue weighted by Crippen LogP contribution is -2.48. The molecule has 1 aromatic rings. The molecule has 0 aliphatic heterocycles. The molecular weight excluding hydrogens is 327 g/mol. The predicted molar refractivity (Wildman–Crippen MR) is 75.3 cm³/mol. The molecule has 0 heterocycles. The molecule has 20 heavy (non-hydrogen) atoms. The van der Waals surface area contributed by atoms with Gasteiger partial charge in [-0.2, -0.15) is 4.72 Å². The number of benzene rings is 1. The maximum atomic E-state index is 12.2. The minimum absolute atomic E-state index is 0.0854. The highest BCUT2D eigenvalue weighted by Gasteiger charge is 2.28. The number of sulfonamides is 1. The largest absolute Gasteiger partial charge is 0.289 e. The van der Waals surface area contributed by atoms with Crippen LogP contribution in [0, 0.1) is 5.92 Å². The Morgan fingerprint density at radius 1 is 1.25 bits per heavy atom. The van der Waals surface area contributed by atoms with Crippen LogP contribution in [0.4, 0.5) is 0 Å². The summed E-state index contributed by atoms with van der Waals surface area (Å²) < 4.78 is 26.5. The van der Waals surface area contributed by atoms with Gasteiger partial charge in [0.2, 0.25) is 10.0 Å². The molecule has 1 aromatic carbocycles. The van der Waals surface area contributed by atoms with E-state index in [-0.39, 0.29) is 20.9 Å². The van der Waals surface area contributed by atoms with E-state index in [4.69, 9.17) is 28.4 Å². The summed E-state index contributed by atoms with van der Waals surface area (Å²) in [6, 6.07) is 2.68. The molecule has 3 N–H and O–H groups in total. The second-order valence-electron chi connectivity index (χ2n) is 4.39. The fourth-order valence-corrected chi connectivity index (χ4v) is 3.17. The lowest BCUT2D eigenvalue weighted by molar-refractivity contribution is -0.131. The zero-order chi connectivity index (χ0) is 15.5. The van der Waals surface area contributed by atoms with Gasteiger partial charge < -0.3 is 0 Å². The maximum Gasteiger partial charge on any atom is 0.261 e. The van der Waals surface area contributed by atoms with Crippen LogP contribution < -0.4 is 10.2 Å². The van der Waals surface area contributed by atoms with Crippen molar-refractivity contribution in [3.05, 3.63) is 28.2 Å². The summed E-state index contributed by atoms with van der Waals surface area (Å²) in [5, 5.41) is 8.94. The first-order chi connectivity index (χ1) is 9.19. The first-order valence-corrected chi connectivity index (χ1v) is 7.84. The molecule has 0 spiro atoms. The molecule has 6 nitrogen and oxygen atoms in total. The number of hydrogen-bond donors (Lipinski definition) is 3. The van der Waals surface area contributed by atoms with Crippen LogP contribution >= 0.6 is 23.2 Å². The number of carbonyl (C=O) groups is 1. The highest BCUT2D eigenvalue weighted by Crippen LogP contribution is 2.25. The van der Waals surface area contributed by atoms with Crippen molar-refractivity contribution in [2.24, 2.45) is 5.92 Å². The van der Waals surface area contributed by atoms with Gasteiger partial charge in [0.05, 0.1) is 14.9 Å². The lowest BCUT2D eigenvalue weighted by atomic mass is 10.1. The van der Waals surface area contributed by atoms with E-state index in [2.05, 4.69) is 4.72 Å². The molecule has 0 saturated carbocycles. The van der Waals surface area contributed by atoms with Gasteiger partial charge in [-0.15, -0.1) is 0 Å². The molecule has 1 unspecified atom stereocenters. The first-order valence-electron chi connectivity index (χ1n) is 5.60. The molecule has 0 aliphatic carbocycles. The summed E-state index contributed by atoms with van der Waals surface area (Å²) in [5.74, 6) is -1.21. The van der Waals surface area contributed by atoms with E-state index in [1.807, 2.05) is 0 Å². The molecule has 112 valence electrons. The Hall–Kier alpha value is -0.860. The molecular formula is C11H14Cl2N2O4S. The average molecular weight is 341 g/mol. The lowest BCUT2D eigenvalue weighted by Gasteiger charge is -2.20. The van der Waals surface area contributed by atoms with Crippen LogP contribution in [0.5, 0.6) is 0 Å². The predicted octanol–water partition coefficient (Wildman–Crippen LogP) is 1.80. The van der Waals surface area contributed by atoms with E-state index in [1.165, 1.54) is 23.7 Å². The number of nitrogens with one attached hydrogen (secondary N) is 2. The van der Waals surface area contributed by atoms with Crippen molar-refractivity contribution in [3.63, 3.8) is 0 Å². The first kappa shape index (κ1) is 17.2. The van der Waals surface area contributed by atoms with Gasteiger partial charge in [0.1, 0.15) is 6.04 Å². The molecule has 9 heteroatoms. The van der Waals surface area contributed by atoms with Gasteiger partial charge in [0.25, 0.3) is 5.91 Å². The molecule has 0 bridgehead atoms. The molecule has 0 fully saturated rings.